The van der Waals surface area contributed by atoms with Crippen LogP contribution in [-0.4, -0.2) is 230 Å². The van der Waals surface area contributed by atoms with E-state index in [-0.39, 0.29) is 43.3 Å². The summed E-state index contributed by atoms with van der Waals surface area (Å²) in [6.45, 7) is 7.10. The van der Waals surface area contributed by atoms with E-state index in [9.17, 15) is 97.1 Å². The lowest BCUT2D eigenvalue weighted by atomic mass is 10.00. The van der Waals surface area contributed by atoms with Crippen molar-refractivity contribution in [3.8, 4) is 0 Å². The highest BCUT2D eigenvalue weighted by molar-refractivity contribution is 7.98. The molecule has 2 aromatic carbocycles. The number of nitrogens with one attached hydrogen (secondary N) is 14. The zero-order valence-corrected chi connectivity index (χ0v) is 58.9. The number of aliphatic carboxylic acids is 3. The second kappa shape index (κ2) is 42.4. The van der Waals surface area contributed by atoms with Crippen LogP contribution in [0.4, 0.5) is 0 Å². The maximum absolute atomic E-state index is 14.6. The van der Waals surface area contributed by atoms with Gasteiger partial charge in [-0.15, -0.1) is 0 Å². The van der Waals surface area contributed by atoms with Gasteiger partial charge in [0.1, 0.15) is 66.5 Å². The number of aromatic nitrogens is 1. The molecule has 37 heteroatoms. The number of hydrogen-bond donors (Lipinski definition) is 20. The number of amides is 13. The van der Waals surface area contributed by atoms with E-state index < -0.39 is 212 Å². The van der Waals surface area contributed by atoms with E-state index in [1.54, 1.807) is 62.7 Å². The molecule has 0 aliphatic carbocycles. The Bertz CT molecular complexity index is 3460. The Hall–Kier alpha value is -9.88. The van der Waals surface area contributed by atoms with E-state index in [0.717, 1.165) is 31.2 Å². The van der Waals surface area contributed by atoms with Crippen molar-refractivity contribution in [2.75, 3.05) is 30.9 Å². The zero-order chi connectivity index (χ0) is 75.9. The van der Waals surface area contributed by atoms with Crippen LogP contribution in [0.5, 0.6) is 0 Å². The van der Waals surface area contributed by atoms with Gasteiger partial charge in [0.25, 0.3) is 0 Å². The summed E-state index contributed by atoms with van der Waals surface area (Å²) in [5, 5.41) is 72.3. The molecular formula is C65H93N15O20S2. The molecule has 1 aliphatic rings. The van der Waals surface area contributed by atoms with Crippen molar-refractivity contribution in [1.82, 2.24) is 74.1 Å². The molecule has 1 saturated heterocycles. The highest BCUT2D eigenvalue weighted by Gasteiger charge is 2.38. The van der Waals surface area contributed by atoms with Crippen LogP contribution in [0, 0.1) is 5.92 Å². The molecule has 0 bridgehead atoms. The topological polar surface area (TPSA) is 552 Å². The second-order valence-corrected chi connectivity index (χ2v) is 26.2. The SMILES string of the molecule is CSCC[C@H](NC(=O)[C@H](C)NC(=O)[C@@H](NC(=O)[C@H](CS)NC(=O)[C@H](CC(C)C)NC(=O)[C@H](Cc1ccccc1)NC(=O)[C@H](Cc1c[nH]c2ccccc12)NC(=O)CNC(=O)[C@@H]1CCCN1)[C@@H](C)O)C(=O)N[C@@H](CCC(=O)O)C(=O)N[C@@H](C)C(=O)N[C@@H](CC(=O)O)C(=O)N[C@@H](CCC(N)=O)C(=O)O. The maximum atomic E-state index is 14.6. The number of para-hydroxylation sites is 1. The van der Waals surface area contributed by atoms with Crippen LogP contribution in [0.15, 0.2) is 60.8 Å². The Morgan fingerprint density at radius 3 is 1.65 bits per heavy atom. The molecular weight excluding hydrogens is 1370 g/mol. The molecule has 3 aromatic rings. The monoisotopic (exact) mass is 1470 g/mol. The molecule has 1 fully saturated rings. The Morgan fingerprint density at radius 2 is 1.07 bits per heavy atom. The van der Waals surface area contributed by atoms with Gasteiger partial charge in [-0.05, 0) is 101 Å². The second-order valence-electron chi connectivity index (χ2n) is 24.8. The fourth-order valence-electron chi connectivity index (χ4n) is 10.5. The first-order valence-corrected chi connectivity index (χ1v) is 34.9. The van der Waals surface area contributed by atoms with Gasteiger partial charge in [0.2, 0.25) is 76.8 Å². The van der Waals surface area contributed by atoms with Crippen molar-refractivity contribution < 1.29 is 97.1 Å². The molecule has 0 unspecified atom stereocenters. The predicted octanol–water partition coefficient (Wildman–Crippen LogP) is -4.01. The Balaban J connectivity index is 1.46. The molecule has 1 aromatic heterocycles. The van der Waals surface area contributed by atoms with Gasteiger partial charge in [-0.1, -0.05) is 62.4 Å². The molecule has 4 rings (SSSR count). The van der Waals surface area contributed by atoms with E-state index in [4.69, 9.17) is 5.73 Å². The predicted molar refractivity (Wildman–Crippen MR) is 372 cm³/mol. The number of aromatic amines is 1. The van der Waals surface area contributed by atoms with Gasteiger partial charge in [0, 0.05) is 48.5 Å². The van der Waals surface area contributed by atoms with Crippen LogP contribution in [0.1, 0.15) is 104 Å². The molecule has 13 atom stereocenters. The van der Waals surface area contributed by atoms with Crippen molar-refractivity contribution in [1.29, 1.82) is 0 Å². The van der Waals surface area contributed by atoms with E-state index in [2.05, 4.69) is 81.4 Å². The number of carbonyl (C=O) groups excluding carboxylic acids is 13. The number of carbonyl (C=O) groups is 16. The molecule has 35 nitrogen and oxygen atoms in total. The third kappa shape index (κ3) is 28.6. The summed E-state index contributed by atoms with van der Waals surface area (Å²) in [5.41, 5.74) is 7.08. The number of thiol groups is 1. The highest BCUT2D eigenvalue weighted by atomic mass is 32.2. The largest absolute Gasteiger partial charge is 0.481 e. The normalized spacial score (nSPS) is 16.1. The van der Waals surface area contributed by atoms with Gasteiger partial charge in [-0.2, -0.15) is 24.4 Å². The third-order valence-corrected chi connectivity index (χ3v) is 17.0. The number of carboxylic acids is 3. The molecule has 13 amide bonds. The third-order valence-electron chi connectivity index (χ3n) is 16.0. The number of rotatable bonds is 44. The zero-order valence-electron chi connectivity index (χ0n) is 57.2. The smallest absolute Gasteiger partial charge is 0.326 e. The van der Waals surface area contributed by atoms with Crippen molar-refractivity contribution >= 4 is 130 Å². The van der Waals surface area contributed by atoms with Crippen LogP contribution in [0.3, 0.4) is 0 Å². The molecule has 0 radical (unpaired) electrons. The van der Waals surface area contributed by atoms with Crippen LogP contribution >= 0.6 is 24.4 Å². The number of aliphatic hydroxyl groups is 1. The molecule has 102 heavy (non-hydrogen) atoms. The lowest BCUT2D eigenvalue weighted by Crippen LogP contribution is -2.62. The van der Waals surface area contributed by atoms with Gasteiger partial charge in [0.05, 0.1) is 25.1 Å². The number of carboxylic acid groups (broad SMARTS) is 3. The molecule has 0 spiro atoms. The Morgan fingerprint density at radius 1 is 0.559 bits per heavy atom. The van der Waals surface area contributed by atoms with Gasteiger partial charge >= 0.3 is 17.9 Å². The Kier molecular flexibility index (Phi) is 35.1. The van der Waals surface area contributed by atoms with Crippen LogP contribution in [0.25, 0.3) is 10.9 Å². The summed E-state index contributed by atoms with van der Waals surface area (Å²) in [6.07, 6.45) is -0.628. The summed E-state index contributed by atoms with van der Waals surface area (Å²) in [4.78, 5) is 215. The highest BCUT2D eigenvalue weighted by Crippen LogP contribution is 2.20. The number of thioether (sulfide) groups is 1. The summed E-state index contributed by atoms with van der Waals surface area (Å²) in [5.74, 6) is -17.5. The molecule has 2 heterocycles. The number of benzene rings is 2. The van der Waals surface area contributed by atoms with E-state index >= 15 is 0 Å². The number of primary amides is 1. The number of fused-ring (bicyclic) bond motifs is 1. The van der Waals surface area contributed by atoms with Crippen molar-refractivity contribution in [2.24, 2.45) is 11.7 Å². The minimum Gasteiger partial charge on any atom is -0.481 e. The number of hydrogen-bond acceptors (Lipinski definition) is 20. The lowest BCUT2D eigenvalue weighted by Gasteiger charge is -2.28. The standard InChI is InChI=1S/C65H93N15O20S2/c1-32(2)25-44(77-60(94)45(26-36-13-8-7-9-14-36)78-61(95)46(27-37-29-68-39-16-11-10-15-38(37)39)72-50(83)30-69-56(90)40-17-12-23-67-40)59(93)79-48(31-101)63(97)80-53(35(5)81)64(98)71-34(4)54(88)73-42(22-24-102-6)58(92)74-41(19-21-51(84)85)57(91)70-33(3)55(89)76-47(28-52(86)87)62(96)75-43(65(99)100)18-20-49(66)82/h7-11,13-16,29,32-35,40-48,53,67-68,81,101H,12,17-28,30-31H2,1-6H3,(H2,66,82)(H,69,90)(H,70,91)(H,71,98)(H,72,83)(H,73,88)(H,74,92)(H,75,96)(H,76,89)(H,77,94)(H,78,95)(H,79,93)(H,80,97)(H,84,85)(H,86,87)(H,99,100)/t33-,34-,35+,40-,41-,42-,43-,44-,45-,46-,47-,48-,53-/m0/s1. The summed E-state index contributed by atoms with van der Waals surface area (Å²) in [7, 11) is 0. The van der Waals surface area contributed by atoms with Gasteiger partial charge < -0.3 is 100 Å². The summed E-state index contributed by atoms with van der Waals surface area (Å²) >= 11 is 5.50. The van der Waals surface area contributed by atoms with E-state index in [1.165, 1.54) is 18.7 Å². The quantitative estimate of drug-likeness (QED) is 0.0240. The average Bonchev–Trinajstić information content (AvgIpc) is 1.64. The van der Waals surface area contributed by atoms with Gasteiger partial charge in [-0.25, -0.2) is 4.79 Å². The lowest BCUT2D eigenvalue weighted by molar-refractivity contribution is -0.144. The average molecular weight is 1470 g/mol. The molecule has 0 saturated carbocycles. The molecule has 560 valence electrons. The Labute approximate surface area is 597 Å². The minimum absolute atomic E-state index is 0.0152. The van der Waals surface area contributed by atoms with Crippen molar-refractivity contribution in [3.05, 3.63) is 71.9 Å². The van der Waals surface area contributed by atoms with Crippen molar-refractivity contribution in [2.45, 2.75) is 184 Å². The number of nitrogens with two attached hydrogens (primary N) is 1. The van der Waals surface area contributed by atoms with E-state index in [1.807, 2.05) is 23.5 Å². The van der Waals surface area contributed by atoms with E-state index in [0.29, 0.717) is 24.1 Å². The first-order chi connectivity index (χ1) is 48.2. The first kappa shape index (κ1) is 84.5. The first-order valence-electron chi connectivity index (χ1n) is 32.9. The number of aliphatic hydroxyl groups excluding tert-OH is 1. The van der Waals surface area contributed by atoms with Crippen LogP contribution < -0.4 is 74.9 Å². The summed E-state index contributed by atoms with van der Waals surface area (Å²) in [6, 6.07) is -2.08. The molecule has 1 aliphatic heterocycles. The fraction of sp³-hybridized carbons (Fsp3) is 0.538. The number of H-pyrrole nitrogens is 1. The van der Waals surface area contributed by atoms with Gasteiger partial charge in [0.15, 0.2) is 0 Å². The fourth-order valence-corrected chi connectivity index (χ4v) is 11.2. The molecule has 20 N–H and O–H groups in total. The minimum atomic E-state index is -1.93. The summed E-state index contributed by atoms with van der Waals surface area (Å²) < 4.78 is 0. The van der Waals surface area contributed by atoms with Crippen LogP contribution in [0.2, 0.25) is 0 Å². The van der Waals surface area contributed by atoms with Crippen molar-refractivity contribution in [3.63, 3.8) is 0 Å². The van der Waals surface area contributed by atoms with Gasteiger partial charge in [-0.3, -0.25) is 71.9 Å². The van der Waals surface area contributed by atoms with Crippen LogP contribution in [-0.2, 0) is 89.6 Å². The maximum Gasteiger partial charge on any atom is 0.326 e.